The Morgan fingerprint density at radius 1 is 1.20 bits per heavy atom. The molecule has 3 saturated heterocycles. The Bertz CT molecular complexity index is 316. The molecule has 0 aromatic carbocycles. The second-order valence-electron chi connectivity index (χ2n) is 4.92. The number of imide groups is 1. The average molecular weight is 208 g/mol. The molecule has 3 aliphatic heterocycles. The van der Waals surface area contributed by atoms with E-state index in [1.54, 1.807) is 0 Å². The van der Waals surface area contributed by atoms with Crippen LogP contribution in [0, 0.1) is 11.8 Å². The van der Waals surface area contributed by atoms with E-state index in [4.69, 9.17) is 0 Å². The number of nitrogens with one attached hydrogen (secondary N) is 1. The predicted octanol–water partition coefficient (Wildman–Crippen LogP) is 0.133. The third-order valence-electron chi connectivity index (χ3n) is 4.18. The van der Waals surface area contributed by atoms with E-state index in [0.717, 1.165) is 13.0 Å². The van der Waals surface area contributed by atoms with Gasteiger partial charge in [0, 0.05) is 12.5 Å². The number of carbonyl (C=O) groups excluding carboxylic acids is 2. The van der Waals surface area contributed by atoms with Crippen LogP contribution in [0.5, 0.6) is 0 Å². The number of carbonyl (C=O) groups is 2. The highest BCUT2D eigenvalue weighted by Crippen LogP contribution is 2.39. The maximum absolute atomic E-state index is 11.6. The van der Waals surface area contributed by atoms with Gasteiger partial charge in [-0.2, -0.15) is 0 Å². The summed E-state index contributed by atoms with van der Waals surface area (Å²) in [6.07, 6.45) is 3.98. The molecule has 0 saturated carbocycles. The van der Waals surface area contributed by atoms with Gasteiger partial charge in [-0.25, -0.2) is 0 Å². The van der Waals surface area contributed by atoms with E-state index in [9.17, 15) is 9.59 Å². The first kappa shape index (κ1) is 9.33. The number of rotatable bonds is 1. The summed E-state index contributed by atoms with van der Waals surface area (Å²) in [4.78, 5) is 25.3. The summed E-state index contributed by atoms with van der Waals surface area (Å²) in [6.45, 7) is 2.30. The molecule has 2 amide bonds. The zero-order chi connectivity index (χ0) is 10.4. The average Bonchev–Trinajstić information content (AvgIpc) is 2.80. The third kappa shape index (κ3) is 1.39. The van der Waals surface area contributed by atoms with Crippen molar-refractivity contribution in [3.63, 3.8) is 0 Å². The van der Waals surface area contributed by atoms with Crippen molar-refractivity contribution >= 4 is 11.8 Å². The maximum Gasteiger partial charge on any atom is 0.230 e. The fourth-order valence-corrected chi connectivity index (χ4v) is 3.51. The van der Waals surface area contributed by atoms with Crippen molar-refractivity contribution in [1.29, 1.82) is 0 Å². The molecule has 15 heavy (non-hydrogen) atoms. The molecule has 0 bridgehead atoms. The summed E-state index contributed by atoms with van der Waals surface area (Å²) in [5, 5.41) is 2.43. The molecule has 3 aliphatic rings. The normalized spacial score (nSPS) is 40.9. The van der Waals surface area contributed by atoms with Crippen LogP contribution in [0.2, 0.25) is 0 Å². The first-order valence-corrected chi connectivity index (χ1v) is 5.83. The van der Waals surface area contributed by atoms with Crippen LogP contribution in [0.3, 0.4) is 0 Å². The fraction of sp³-hybridized carbons (Fsp3) is 0.818. The quantitative estimate of drug-likeness (QED) is 0.623. The summed E-state index contributed by atoms with van der Waals surface area (Å²) in [5.41, 5.74) is 0. The Kier molecular flexibility index (Phi) is 2.06. The third-order valence-corrected chi connectivity index (χ3v) is 4.18. The zero-order valence-electron chi connectivity index (χ0n) is 8.74. The second kappa shape index (κ2) is 3.30. The first-order valence-electron chi connectivity index (χ1n) is 5.83. The van der Waals surface area contributed by atoms with Gasteiger partial charge >= 0.3 is 0 Å². The van der Waals surface area contributed by atoms with Crippen LogP contribution in [0.15, 0.2) is 0 Å². The Labute approximate surface area is 89.0 Å². The van der Waals surface area contributed by atoms with Crippen LogP contribution in [-0.4, -0.2) is 35.8 Å². The minimum Gasteiger partial charge on any atom is -0.300 e. The lowest BCUT2D eigenvalue weighted by molar-refractivity contribution is -0.126. The van der Waals surface area contributed by atoms with E-state index in [-0.39, 0.29) is 17.7 Å². The Morgan fingerprint density at radius 2 is 2.07 bits per heavy atom. The molecule has 4 heteroatoms. The molecule has 0 spiro atoms. The van der Waals surface area contributed by atoms with Crippen LogP contribution < -0.4 is 5.32 Å². The van der Waals surface area contributed by atoms with Crippen molar-refractivity contribution in [3.05, 3.63) is 0 Å². The van der Waals surface area contributed by atoms with E-state index in [1.807, 2.05) is 0 Å². The van der Waals surface area contributed by atoms with Gasteiger partial charge in [0.1, 0.15) is 0 Å². The minimum atomic E-state index is -0.0820. The summed E-state index contributed by atoms with van der Waals surface area (Å²) in [5.74, 6) is 0.282. The van der Waals surface area contributed by atoms with E-state index >= 15 is 0 Å². The van der Waals surface area contributed by atoms with E-state index in [1.165, 1.54) is 19.4 Å². The predicted molar refractivity (Wildman–Crippen MR) is 54.0 cm³/mol. The lowest BCUT2D eigenvalue weighted by Gasteiger charge is -2.23. The van der Waals surface area contributed by atoms with Crippen molar-refractivity contribution in [3.8, 4) is 0 Å². The lowest BCUT2D eigenvalue weighted by atomic mass is 9.84. The van der Waals surface area contributed by atoms with E-state index in [2.05, 4.69) is 10.2 Å². The van der Waals surface area contributed by atoms with Crippen molar-refractivity contribution in [2.45, 2.75) is 31.7 Å². The summed E-state index contributed by atoms with van der Waals surface area (Å²) in [6, 6.07) is 0.576. The number of hydrogen-bond donors (Lipinski definition) is 1. The molecule has 82 valence electrons. The first-order chi connectivity index (χ1) is 7.25. The fourth-order valence-electron chi connectivity index (χ4n) is 3.51. The van der Waals surface area contributed by atoms with Crippen molar-refractivity contribution in [1.82, 2.24) is 10.2 Å². The lowest BCUT2D eigenvalue weighted by Crippen LogP contribution is -2.33. The summed E-state index contributed by atoms with van der Waals surface area (Å²) in [7, 11) is 0. The highest BCUT2D eigenvalue weighted by molar-refractivity contribution is 6.03. The highest BCUT2D eigenvalue weighted by Gasteiger charge is 2.46. The molecular formula is C11H16N2O2. The van der Waals surface area contributed by atoms with Gasteiger partial charge in [-0.3, -0.25) is 14.9 Å². The maximum atomic E-state index is 11.6. The van der Waals surface area contributed by atoms with Crippen molar-refractivity contribution in [2.24, 2.45) is 11.8 Å². The molecule has 3 rings (SSSR count). The van der Waals surface area contributed by atoms with Gasteiger partial charge in [0.2, 0.25) is 11.8 Å². The van der Waals surface area contributed by atoms with Gasteiger partial charge < -0.3 is 4.90 Å². The second-order valence-corrected chi connectivity index (χ2v) is 4.92. The molecule has 0 aliphatic carbocycles. The van der Waals surface area contributed by atoms with E-state index in [0.29, 0.717) is 18.4 Å². The van der Waals surface area contributed by atoms with Gasteiger partial charge in [-0.15, -0.1) is 0 Å². The Balaban J connectivity index is 1.77. The molecule has 0 radical (unpaired) electrons. The molecule has 3 unspecified atom stereocenters. The molecule has 0 aromatic heterocycles. The van der Waals surface area contributed by atoms with E-state index < -0.39 is 0 Å². The van der Waals surface area contributed by atoms with Crippen LogP contribution in [0.4, 0.5) is 0 Å². The molecule has 0 aromatic rings. The monoisotopic (exact) mass is 208 g/mol. The summed E-state index contributed by atoms with van der Waals surface area (Å²) < 4.78 is 0. The van der Waals surface area contributed by atoms with Crippen LogP contribution in [0.25, 0.3) is 0 Å². The molecule has 1 N–H and O–H groups in total. The molecular weight excluding hydrogens is 192 g/mol. The number of fused-ring (bicyclic) bond motifs is 1. The smallest absolute Gasteiger partial charge is 0.230 e. The molecule has 4 nitrogen and oxygen atoms in total. The SMILES string of the molecule is O=C1CC(C2CCN3CCCC23)C(=O)N1. The number of hydrogen-bond acceptors (Lipinski definition) is 3. The topological polar surface area (TPSA) is 49.4 Å². The minimum absolute atomic E-state index is 0.0289. The van der Waals surface area contributed by atoms with Gasteiger partial charge in [-0.1, -0.05) is 0 Å². The molecule has 3 heterocycles. The van der Waals surface area contributed by atoms with Crippen LogP contribution >= 0.6 is 0 Å². The number of amides is 2. The van der Waals surface area contributed by atoms with Gasteiger partial charge in [0.25, 0.3) is 0 Å². The standard InChI is InChI=1S/C11H16N2O2/c14-10-6-8(11(15)12-10)7-3-5-13-4-1-2-9(7)13/h7-9H,1-6H2,(H,12,14,15). The highest BCUT2D eigenvalue weighted by atomic mass is 16.2. The molecule has 3 fully saturated rings. The Hall–Kier alpha value is -0.900. The largest absolute Gasteiger partial charge is 0.300 e. The van der Waals surface area contributed by atoms with Gasteiger partial charge in [0.05, 0.1) is 5.92 Å². The van der Waals surface area contributed by atoms with Crippen molar-refractivity contribution < 1.29 is 9.59 Å². The number of nitrogens with zero attached hydrogens (tertiary/aromatic N) is 1. The molecule has 3 atom stereocenters. The van der Waals surface area contributed by atoms with Crippen molar-refractivity contribution in [2.75, 3.05) is 13.1 Å². The summed E-state index contributed by atoms with van der Waals surface area (Å²) >= 11 is 0. The van der Waals surface area contributed by atoms with Crippen LogP contribution in [0.1, 0.15) is 25.7 Å². The van der Waals surface area contributed by atoms with Crippen LogP contribution in [-0.2, 0) is 9.59 Å². The zero-order valence-corrected chi connectivity index (χ0v) is 8.74. The Morgan fingerprint density at radius 3 is 2.80 bits per heavy atom. The van der Waals surface area contributed by atoms with Gasteiger partial charge in [0.15, 0.2) is 0 Å². The van der Waals surface area contributed by atoms with Gasteiger partial charge in [-0.05, 0) is 38.3 Å².